The largest absolute Gasteiger partial charge is 0.444 e. The van der Waals surface area contributed by atoms with Gasteiger partial charge in [0.05, 0.1) is 12.2 Å². The van der Waals surface area contributed by atoms with Gasteiger partial charge in [0.2, 0.25) is 0 Å². The van der Waals surface area contributed by atoms with Crippen LogP contribution in [-0.4, -0.2) is 77.7 Å². The molecule has 0 bridgehead atoms. The first kappa shape index (κ1) is 36.7. The summed E-state index contributed by atoms with van der Waals surface area (Å²) in [6.45, 7) is 15.2. The quantitative estimate of drug-likeness (QED) is 0.324. The predicted octanol–water partition coefficient (Wildman–Crippen LogP) is 7.28. The Kier molecular flexibility index (Phi) is 14.1. The second-order valence-corrected chi connectivity index (χ2v) is 13.4. The number of piperidine rings is 2. The fraction of sp³-hybridized carbons (Fsp3) is 0.750. The third-order valence-electron chi connectivity index (χ3n) is 7.29. The summed E-state index contributed by atoms with van der Waals surface area (Å²) in [6, 6.07) is 5.04. The summed E-state index contributed by atoms with van der Waals surface area (Å²) in [5.41, 5.74) is -0.829. The second kappa shape index (κ2) is 16.5. The minimum atomic E-state index is -4.31. The van der Waals surface area contributed by atoms with Gasteiger partial charge in [0.15, 0.2) is 0 Å². The SMILES string of the molecule is CC(C)(C)OC(=O)N1CCC(CCO)CC1.CC(C)(C)OC(=O)N1CCC(CCOCc2ccc(C(F)(F)F)cc2)CC1. The maximum Gasteiger partial charge on any atom is 0.416 e. The van der Waals surface area contributed by atoms with Crippen LogP contribution < -0.4 is 0 Å². The van der Waals surface area contributed by atoms with Crippen molar-refractivity contribution in [3.05, 3.63) is 35.4 Å². The summed E-state index contributed by atoms with van der Waals surface area (Å²) < 4.78 is 53.9. The van der Waals surface area contributed by atoms with Crippen LogP contribution in [0.4, 0.5) is 22.8 Å². The molecule has 0 radical (unpaired) electrons. The van der Waals surface area contributed by atoms with Gasteiger partial charge in [-0.3, -0.25) is 0 Å². The minimum absolute atomic E-state index is 0.213. The van der Waals surface area contributed by atoms with Crippen LogP contribution >= 0.6 is 0 Å². The fourth-order valence-electron chi connectivity index (χ4n) is 4.87. The summed E-state index contributed by atoms with van der Waals surface area (Å²) in [6.07, 6.45) is 0.693. The van der Waals surface area contributed by atoms with Gasteiger partial charge in [-0.1, -0.05) is 12.1 Å². The average Bonchev–Trinajstić information content (AvgIpc) is 2.90. The first-order valence-corrected chi connectivity index (χ1v) is 15.3. The van der Waals surface area contributed by atoms with E-state index in [-0.39, 0.29) is 18.8 Å². The molecule has 11 heteroatoms. The van der Waals surface area contributed by atoms with Crippen LogP contribution in [0.2, 0.25) is 0 Å². The Labute approximate surface area is 254 Å². The number of aliphatic hydroxyl groups excluding tert-OH is 1. The van der Waals surface area contributed by atoms with Crippen LogP contribution in [-0.2, 0) is 27.0 Å². The van der Waals surface area contributed by atoms with Crippen molar-refractivity contribution >= 4 is 12.2 Å². The molecule has 2 saturated heterocycles. The molecule has 3 rings (SSSR count). The molecule has 0 spiro atoms. The molecule has 2 amide bonds. The monoisotopic (exact) mass is 616 g/mol. The number of hydrogen-bond acceptors (Lipinski definition) is 6. The maximum atomic E-state index is 12.5. The average molecular weight is 617 g/mol. The summed E-state index contributed by atoms with van der Waals surface area (Å²) >= 11 is 0. The van der Waals surface area contributed by atoms with Gasteiger partial charge in [-0.25, -0.2) is 9.59 Å². The molecule has 2 heterocycles. The van der Waals surface area contributed by atoms with E-state index < -0.39 is 22.9 Å². The van der Waals surface area contributed by atoms with Crippen molar-refractivity contribution in [2.45, 2.75) is 104 Å². The highest BCUT2D eigenvalue weighted by molar-refractivity contribution is 5.68. The van der Waals surface area contributed by atoms with Crippen LogP contribution in [0.1, 0.15) is 91.2 Å². The Balaban J connectivity index is 0.000000344. The smallest absolute Gasteiger partial charge is 0.416 e. The van der Waals surface area contributed by atoms with Crippen molar-refractivity contribution in [1.82, 2.24) is 9.80 Å². The first-order chi connectivity index (χ1) is 20.0. The van der Waals surface area contributed by atoms with Crippen molar-refractivity contribution in [1.29, 1.82) is 0 Å². The zero-order valence-electron chi connectivity index (χ0n) is 26.7. The van der Waals surface area contributed by atoms with Gasteiger partial charge in [-0.15, -0.1) is 0 Å². The summed E-state index contributed by atoms with van der Waals surface area (Å²) in [4.78, 5) is 27.3. The third kappa shape index (κ3) is 14.7. The van der Waals surface area contributed by atoms with Crippen molar-refractivity contribution in [3.63, 3.8) is 0 Å². The Bertz CT molecular complexity index is 973. The van der Waals surface area contributed by atoms with Gasteiger partial charge in [0.1, 0.15) is 11.2 Å². The van der Waals surface area contributed by atoms with Gasteiger partial charge >= 0.3 is 18.4 Å². The van der Waals surface area contributed by atoms with Crippen LogP contribution in [0.3, 0.4) is 0 Å². The number of ether oxygens (including phenoxy) is 3. The zero-order valence-corrected chi connectivity index (χ0v) is 26.7. The van der Waals surface area contributed by atoms with E-state index in [2.05, 4.69) is 0 Å². The molecule has 1 aromatic rings. The minimum Gasteiger partial charge on any atom is -0.444 e. The van der Waals surface area contributed by atoms with Crippen LogP contribution in [0.5, 0.6) is 0 Å². The number of likely N-dealkylation sites (tertiary alicyclic amines) is 2. The van der Waals surface area contributed by atoms with Crippen molar-refractivity contribution in [2.75, 3.05) is 39.4 Å². The summed E-state index contributed by atoms with van der Waals surface area (Å²) in [5, 5.41) is 8.84. The Morgan fingerprint density at radius 3 is 1.56 bits per heavy atom. The molecule has 1 aromatic carbocycles. The molecule has 0 aliphatic carbocycles. The highest BCUT2D eigenvalue weighted by Crippen LogP contribution is 2.29. The molecule has 43 heavy (non-hydrogen) atoms. The molecular formula is C32H51F3N2O6. The number of hydrogen-bond donors (Lipinski definition) is 1. The Morgan fingerprint density at radius 2 is 1.19 bits per heavy atom. The van der Waals surface area contributed by atoms with E-state index in [9.17, 15) is 22.8 Å². The fourth-order valence-corrected chi connectivity index (χ4v) is 4.87. The molecule has 0 unspecified atom stereocenters. The highest BCUT2D eigenvalue weighted by Gasteiger charge is 2.30. The number of carbonyl (C=O) groups is 2. The van der Waals surface area contributed by atoms with E-state index >= 15 is 0 Å². The topological polar surface area (TPSA) is 88.5 Å². The van der Waals surface area contributed by atoms with Gasteiger partial charge < -0.3 is 29.1 Å². The van der Waals surface area contributed by atoms with Gasteiger partial charge in [-0.2, -0.15) is 13.2 Å². The number of benzene rings is 1. The van der Waals surface area contributed by atoms with E-state index in [1.807, 2.05) is 41.5 Å². The number of alkyl halides is 3. The Hall–Kier alpha value is -2.53. The molecule has 0 atom stereocenters. The zero-order chi connectivity index (χ0) is 32.3. The highest BCUT2D eigenvalue weighted by atomic mass is 19.4. The number of aliphatic hydroxyl groups is 1. The number of nitrogens with zero attached hydrogens (tertiary/aromatic N) is 2. The molecular weight excluding hydrogens is 565 g/mol. The lowest BCUT2D eigenvalue weighted by atomic mass is 9.94. The van der Waals surface area contributed by atoms with Gasteiger partial charge in [0, 0.05) is 39.4 Å². The standard InChI is InChI=1S/C20H28F3NO3.C12H23NO3/c1-19(2,3)27-18(25)24-11-8-15(9-12-24)10-13-26-14-16-4-6-17(7-5-16)20(21,22)23;1-12(2,3)16-11(15)13-7-4-10(5-8-13)6-9-14/h4-7,15H,8-14H2,1-3H3;10,14H,4-9H2,1-3H3. The van der Waals surface area contributed by atoms with Crippen molar-refractivity contribution in [2.24, 2.45) is 11.8 Å². The third-order valence-corrected chi connectivity index (χ3v) is 7.29. The molecule has 0 saturated carbocycles. The van der Waals surface area contributed by atoms with E-state index in [4.69, 9.17) is 19.3 Å². The van der Waals surface area contributed by atoms with E-state index in [1.54, 1.807) is 9.80 Å². The van der Waals surface area contributed by atoms with Crippen LogP contribution in [0.15, 0.2) is 24.3 Å². The van der Waals surface area contributed by atoms with Gasteiger partial charge in [-0.05, 0) is 110 Å². The molecule has 2 fully saturated rings. The lowest BCUT2D eigenvalue weighted by molar-refractivity contribution is -0.137. The lowest BCUT2D eigenvalue weighted by Gasteiger charge is -2.33. The summed E-state index contributed by atoms with van der Waals surface area (Å²) in [7, 11) is 0. The van der Waals surface area contributed by atoms with Crippen molar-refractivity contribution < 1.29 is 42.1 Å². The van der Waals surface area contributed by atoms with E-state index in [0.29, 0.717) is 38.1 Å². The first-order valence-electron chi connectivity index (χ1n) is 15.3. The molecule has 2 aliphatic heterocycles. The number of rotatable bonds is 7. The summed E-state index contributed by atoms with van der Waals surface area (Å²) in [5.74, 6) is 1.04. The lowest BCUT2D eigenvalue weighted by Crippen LogP contribution is -2.41. The van der Waals surface area contributed by atoms with E-state index in [1.165, 1.54) is 12.1 Å². The number of carbonyl (C=O) groups excluding carboxylic acids is 2. The molecule has 246 valence electrons. The van der Waals surface area contributed by atoms with Crippen LogP contribution in [0, 0.1) is 11.8 Å². The molecule has 1 N–H and O–H groups in total. The number of amides is 2. The predicted molar refractivity (Wildman–Crippen MR) is 158 cm³/mol. The van der Waals surface area contributed by atoms with E-state index in [0.717, 1.165) is 69.3 Å². The molecule has 0 aromatic heterocycles. The molecule has 8 nitrogen and oxygen atoms in total. The maximum absolute atomic E-state index is 12.5. The second-order valence-electron chi connectivity index (χ2n) is 13.4. The Morgan fingerprint density at radius 1 is 0.767 bits per heavy atom. The van der Waals surface area contributed by atoms with Gasteiger partial charge in [0.25, 0.3) is 0 Å². The number of halogens is 3. The van der Waals surface area contributed by atoms with Crippen molar-refractivity contribution in [3.8, 4) is 0 Å². The molecule has 2 aliphatic rings. The van der Waals surface area contributed by atoms with Crippen LogP contribution in [0.25, 0.3) is 0 Å². The normalized spacial score (nSPS) is 17.3.